The van der Waals surface area contributed by atoms with Crippen LogP contribution in [0, 0.1) is 5.82 Å². The van der Waals surface area contributed by atoms with E-state index in [4.69, 9.17) is 16.2 Å². The molecule has 1 heterocycles. The number of aromatic nitrogens is 1. The largest absolute Gasteiger partial charge is 0.484 e. The molecule has 1 aromatic heterocycles. The second kappa shape index (κ2) is 8.08. The van der Waals surface area contributed by atoms with E-state index >= 15 is 0 Å². The molecule has 2 aromatic carbocycles. The molecular weight excluding hydrogens is 386 g/mol. The number of ether oxygens (including phenoxy) is 1. The zero-order valence-electron chi connectivity index (χ0n) is 15.3. The number of alkyl halides is 3. The van der Waals surface area contributed by atoms with Gasteiger partial charge in [0.2, 0.25) is 0 Å². The van der Waals surface area contributed by atoms with Gasteiger partial charge in [0.25, 0.3) is 0 Å². The minimum atomic E-state index is -4.55. The Labute approximate surface area is 165 Å². The average Bonchev–Trinajstić information content (AvgIpc) is 2.66. The van der Waals surface area contributed by atoms with Crippen molar-refractivity contribution in [3.8, 4) is 5.75 Å². The smallest absolute Gasteiger partial charge is 0.422 e. The van der Waals surface area contributed by atoms with Crippen molar-refractivity contribution in [2.75, 3.05) is 12.3 Å². The fraction of sp³-hybridized carbons (Fsp3) is 0.190. The predicted octanol–water partition coefficient (Wildman–Crippen LogP) is 4.19. The summed E-state index contributed by atoms with van der Waals surface area (Å²) in [5.74, 6) is -1.03. The van der Waals surface area contributed by atoms with Gasteiger partial charge in [-0.25, -0.2) is 4.39 Å². The molecule has 29 heavy (non-hydrogen) atoms. The molecule has 3 aromatic rings. The fourth-order valence-electron chi connectivity index (χ4n) is 3.00. The Balaban J connectivity index is 2.06. The Morgan fingerprint density at radius 2 is 1.69 bits per heavy atom. The molecule has 0 saturated heterocycles. The van der Waals surface area contributed by atoms with E-state index in [9.17, 15) is 17.6 Å². The number of nitrogens with two attached hydrogens (primary N) is 2. The zero-order chi connectivity index (χ0) is 21.1. The molecule has 4 nitrogen and oxygen atoms in total. The summed E-state index contributed by atoms with van der Waals surface area (Å²) in [6, 6.07) is 15.8. The van der Waals surface area contributed by atoms with E-state index in [0.717, 1.165) is 11.6 Å². The minimum Gasteiger partial charge on any atom is -0.484 e. The third-order valence-electron chi connectivity index (χ3n) is 4.36. The van der Waals surface area contributed by atoms with Crippen LogP contribution >= 0.6 is 0 Å². The monoisotopic (exact) mass is 405 g/mol. The van der Waals surface area contributed by atoms with Crippen LogP contribution in [0.25, 0.3) is 0 Å². The van der Waals surface area contributed by atoms with Crippen molar-refractivity contribution in [2.45, 2.75) is 18.1 Å². The van der Waals surface area contributed by atoms with Gasteiger partial charge in [-0.15, -0.1) is 0 Å². The Bertz CT molecular complexity index is 962. The van der Waals surface area contributed by atoms with Gasteiger partial charge < -0.3 is 16.2 Å². The summed E-state index contributed by atoms with van der Waals surface area (Å²) in [7, 11) is 0. The maximum atomic E-state index is 14.2. The standard InChI is InChI=1S/C21H19F4N3O/c22-16-8-15(9-18(10-16)29-13-21(23,24)25)20(27,11-14-4-2-1-3-5-14)19-7-6-17(26)12-28-19/h1-10,12H,11,13,26-27H2. The molecule has 4 N–H and O–H groups in total. The van der Waals surface area contributed by atoms with Gasteiger partial charge in [-0.2, -0.15) is 13.2 Å². The molecule has 1 atom stereocenters. The lowest BCUT2D eigenvalue weighted by molar-refractivity contribution is -0.153. The molecule has 0 amide bonds. The number of hydrogen-bond acceptors (Lipinski definition) is 4. The van der Waals surface area contributed by atoms with Crippen LogP contribution in [-0.4, -0.2) is 17.8 Å². The maximum absolute atomic E-state index is 14.2. The fourth-order valence-corrected chi connectivity index (χ4v) is 3.00. The Morgan fingerprint density at radius 1 is 0.966 bits per heavy atom. The molecule has 152 valence electrons. The summed E-state index contributed by atoms with van der Waals surface area (Å²) >= 11 is 0. The second-order valence-electron chi connectivity index (χ2n) is 6.69. The molecule has 0 aliphatic carbocycles. The first-order chi connectivity index (χ1) is 13.7. The van der Waals surface area contributed by atoms with E-state index in [1.54, 1.807) is 12.1 Å². The van der Waals surface area contributed by atoms with Gasteiger partial charge in [-0.3, -0.25) is 4.98 Å². The molecule has 0 radical (unpaired) electrons. The van der Waals surface area contributed by atoms with Crippen molar-refractivity contribution in [3.63, 3.8) is 0 Å². The van der Waals surface area contributed by atoms with Crippen LogP contribution in [-0.2, 0) is 12.0 Å². The van der Waals surface area contributed by atoms with Crippen LogP contribution in [0.4, 0.5) is 23.2 Å². The molecule has 0 aliphatic heterocycles. The SMILES string of the molecule is Nc1ccc(C(N)(Cc2ccccc2)c2cc(F)cc(OCC(F)(F)F)c2)nc1. The number of anilines is 1. The first-order valence-electron chi connectivity index (χ1n) is 8.71. The third-order valence-corrected chi connectivity index (χ3v) is 4.36. The highest BCUT2D eigenvalue weighted by Crippen LogP contribution is 2.33. The highest BCUT2D eigenvalue weighted by Gasteiger charge is 2.33. The van der Waals surface area contributed by atoms with Crippen molar-refractivity contribution in [1.82, 2.24) is 4.98 Å². The van der Waals surface area contributed by atoms with Gasteiger partial charge >= 0.3 is 6.18 Å². The van der Waals surface area contributed by atoms with Crippen LogP contribution in [0.15, 0.2) is 66.9 Å². The van der Waals surface area contributed by atoms with Crippen LogP contribution in [0.5, 0.6) is 5.75 Å². The van der Waals surface area contributed by atoms with Crippen molar-refractivity contribution in [3.05, 3.63) is 89.5 Å². The van der Waals surface area contributed by atoms with Gasteiger partial charge in [-0.1, -0.05) is 30.3 Å². The summed E-state index contributed by atoms with van der Waals surface area (Å²) in [5.41, 5.74) is 13.0. The molecule has 1 unspecified atom stereocenters. The number of hydrogen-bond donors (Lipinski definition) is 2. The summed E-state index contributed by atoms with van der Waals surface area (Å²) in [5, 5.41) is 0. The van der Waals surface area contributed by atoms with Gasteiger partial charge in [0.1, 0.15) is 11.6 Å². The van der Waals surface area contributed by atoms with Crippen molar-refractivity contribution in [2.24, 2.45) is 5.73 Å². The van der Waals surface area contributed by atoms with E-state index in [1.807, 2.05) is 30.3 Å². The number of benzene rings is 2. The maximum Gasteiger partial charge on any atom is 0.422 e. The normalized spacial score (nSPS) is 13.7. The number of rotatable bonds is 6. The van der Waals surface area contributed by atoms with Gasteiger partial charge in [0.15, 0.2) is 6.61 Å². The average molecular weight is 405 g/mol. The van der Waals surface area contributed by atoms with Crippen LogP contribution in [0.1, 0.15) is 16.8 Å². The minimum absolute atomic E-state index is 0.229. The van der Waals surface area contributed by atoms with Gasteiger partial charge in [0.05, 0.1) is 23.1 Å². The predicted molar refractivity (Wildman–Crippen MR) is 102 cm³/mol. The Hall–Kier alpha value is -3.13. The first kappa shape index (κ1) is 20.6. The van der Waals surface area contributed by atoms with Crippen LogP contribution < -0.4 is 16.2 Å². The van der Waals surface area contributed by atoms with Crippen molar-refractivity contribution in [1.29, 1.82) is 0 Å². The molecule has 0 spiro atoms. The highest BCUT2D eigenvalue weighted by molar-refractivity contribution is 5.44. The highest BCUT2D eigenvalue weighted by atomic mass is 19.4. The van der Waals surface area contributed by atoms with Crippen molar-refractivity contribution < 1.29 is 22.3 Å². The summed E-state index contributed by atoms with van der Waals surface area (Å²) in [4.78, 5) is 4.27. The lowest BCUT2D eigenvalue weighted by Gasteiger charge is -2.30. The number of nitrogen functional groups attached to an aromatic ring is 1. The van der Waals surface area contributed by atoms with Crippen LogP contribution in [0.3, 0.4) is 0 Å². The molecule has 0 saturated carbocycles. The first-order valence-corrected chi connectivity index (χ1v) is 8.71. The molecule has 0 aliphatic rings. The molecule has 0 fully saturated rings. The van der Waals surface area contributed by atoms with Crippen LogP contribution in [0.2, 0.25) is 0 Å². The van der Waals surface area contributed by atoms with E-state index in [2.05, 4.69) is 4.98 Å². The van der Waals surface area contributed by atoms with Crippen molar-refractivity contribution >= 4 is 5.69 Å². The summed E-state index contributed by atoms with van der Waals surface area (Å²) < 4.78 is 56.5. The zero-order valence-corrected chi connectivity index (χ0v) is 15.3. The Kier molecular flexibility index (Phi) is 5.74. The van der Waals surface area contributed by atoms with E-state index in [-0.39, 0.29) is 17.7 Å². The molecule has 3 rings (SSSR count). The molecular formula is C21H19F4N3O. The number of pyridine rings is 1. The summed E-state index contributed by atoms with van der Waals surface area (Å²) in [6.45, 7) is -1.54. The lowest BCUT2D eigenvalue weighted by Crippen LogP contribution is -2.41. The molecule has 0 bridgehead atoms. The second-order valence-corrected chi connectivity index (χ2v) is 6.69. The topological polar surface area (TPSA) is 74.2 Å². The Morgan fingerprint density at radius 3 is 2.31 bits per heavy atom. The molecule has 8 heteroatoms. The van der Waals surface area contributed by atoms with Gasteiger partial charge in [0, 0.05) is 12.5 Å². The number of nitrogens with zero attached hydrogens (tertiary/aromatic N) is 1. The van der Waals surface area contributed by atoms with Gasteiger partial charge in [-0.05, 0) is 35.4 Å². The summed E-state index contributed by atoms with van der Waals surface area (Å²) in [6.07, 6.45) is -2.90. The quantitative estimate of drug-likeness (QED) is 0.603. The van der Waals surface area contributed by atoms with E-state index < -0.39 is 24.1 Å². The van der Waals surface area contributed by atoms with E-state index in [1.165, 1.54) is 18.3 Å². The number of halogens is 4. The lowest BCUT2D eigenvalue weighted by atomic mass is 9.81. The third kappa shape index (κ3) is 5.23. The van der Waals surface area contributed by atoms with E-state index in [0.29, 0.717) is 11.4 Å².